The third kappa shape index (κ3) is 4.18. The minimum absolute atomic E-state index is 0.0946. The maximum absolute atomic E-state index is 12.1. The van der Waals surface area contributed by atoms with Crippen LogP contribution in [0, 0.1) is 0 Å². The van der Waals surface area contributed by atoms with E-state index in [1.54, 1.807) is 6.92 Å². The van der Waals surface area contributed by atoms with Gasteiger partial charge in [-0.3, -0.25) is 14.4 Å². The van der Waals surface area contributed by atoms with Gasteiger partial charge < -0.3 is 25.8 Å². The van der Waals surface area contributed by atoms with Gasteiger partial charge in [0.1, 0.15) is 6.04 Å². The summed E-state index contributed by atoms with van der Waals surface area (Å²) in [4.78, 5) is 35.7. The molecule has 2 amide bonds. The minimum atomic E-state index is -1.15. The van der Waals surface area contributed by atoms with Gasteiger partial charge in [0.25, 0.3) is 0 Å². The molecule has 108 valence electrons. The van der Waals surface area contributed by atoms with E-state index in [-0.39, 0.29) is 19.1 Å². The molecule has 4 N–H and O–H groups in total. The van der Waals surface area contributed by atoms with E-state index in [4.69, 9.17) is 15.6 Å². The summed E-state index contributed by atoms with van der Waals surface area (Å²) in [7, 11) is 0. The Morgan fingerprint density at radius 2 is 2.21 bits per heavy atom. The fourth-order valence-electron chi connectivity index (χ4n) is 1.87. The Hall–Kier alpha value is -1.67. The standard InChI is InChI=1S/C11H19N3O5/c1-2-13-10(17)8-6-19-4-3-14(8)11(18)7(12)5-9(15)16/h7-8H,2-6,12H2,1H3,(H,13,17)(H,15,16). The maximum atomic E-state index is 12.1. The van der Waals surface area contributed by atoms with Crippen molar-refractivity contribution in [2.45, 2.75) is 25.4 Å². The SMILES string of the molecule is CCNC(=O)C1COCCN1C(=O)C(N)CC(=O)O. The van der Waals surface area contributed by atoms with Crippen molar-refractivity contribution in [2.24, 2.45) is 5.73 Å². The summed E-state index contributed by atoms with van der Waals surface area (Å²) in [6, 6.07) is -1.89. The largest absolute Gasteiger partial charge is 0.481 e. The molecule has 1 rings (SSSR count). The van der Waals surface area contributed by atoms with Crippen molar-refractivity contribution in [3.05, 3.63) is 0 Å². The molecule has 0 bridgehead atoms. The molecular weight excluding hydrogens is 254 g/mol. The normalized spacial score (nSPS) is 20.7. The number of morpholine rings is 1. The highest BCUT2D eigenvalue weighted by Crippen LogP contribution is 2.10. The number of ether oxygens (including phenoxy) is 1. The predicted molar refractivity (Wildman–Crippen MR) is 65.2 cm³/mol. The van der Waals surface area contributed by atoms with E-state index in [0.717, 1.165) is 0 Å². The molecule has 0 aromatic heterocycles. The monoisotopic (exact) mass is 273 g/mol. The van der Waals surface area contributed by atoms with Gasteiger partial charge in [0, 0.05) is 13.1 Å². The van der Waals surface area contributed by atoms with Crippen LogP contribution in [-0.2, 0) is 19.1 Å². The van der Waals surface area contributed by atoms with Gasteiger partial charge in [-0.1, -0.05) is 0 Å². The van der Waals surface area contributed by atoms with Crippen molar-refractivity contribution in [3.8, 4) is 0 Å². The van der Waals surface area contributed by atoms with Gasteiger partial charge >= 0.3 is 5.97 Å². The van der Waals surface area contributed by atoms with Crippen LogP contribution < -0.4 is 11.1 Å². The average molecular weight is 273 g/mol. The number of aliphatic carboxylic acids is 1. The zero-order valence-electron chi connectivity index (χ0n) is 10.8. The number of amides is 2. The van der Waals surface area contributed by atoms with Crippen LogP contribution in [0.1, 0.15) is 13.3 Å². The van der Waals surface area contributed by atoms with Crippen molar-refractivity contribution in [3.63, 3.8) is 0 Å². The quantitative estimate of drug-likeness (QED) is 0.540. The second-order valence-corrected chi connectivity index (χ2v) is 4.22. The number of nitrogens with zero attached hydrogens (tertiary/aromatic N) is 1. The molecule has 0 radical (unpaired) electrons. The Labute approximate surface area is 110 Å². The van der Waals surface area contributed by atoms with Crippen LogP contribution in [0.4, 0.5) is 0 Å². The first-order valence-electron chi connectivity index (χ1n) is 6.10. The second kappa shape index (κ2) is 7.05. The van der Waals surface area contributed by atoms with Gasteiger partial charge in [0.05, 0.1) is 25.7 Å². The summed E-state index contributed by atoms with van der Waals surface area (Å²) < 4.78 is 5.18. The number of hydrogen-bond donors (Lipinski definition) is 3. The fraction of sp³-hybridized carbons (Fsp3) is 0.727. The molecule has 1 aliphatic heterocycles. The summed E-state index contributed by atoms with van der Waals surface area (Å²) >= 11 is 0. The van der Waals surface area contributed by atoms with Crippen LogP contribution in [0.25, 0.3) is 0 Å². The third-order valence-electron chi connectivity index (χ3n) is 2.78. The van der Waals surface area contributed by atoms with E-state index < -0.39 is 30.4 Å². The molecule has 19 heavy (non-hydrogen) atoms. The summed E-state index contributed by atoms with van der Waals surface area (Å²) in [5.74, 6) is -2.01. The van der Waals surface area contributed by atoms with Gasteiger partial charge in [-0.25, -0.2) is 0 Å². The number of carboxylic acid groups (broad SMARTS) is 1. The van der Waals surface area contributed by atoms with E-state index >= 15 is 0 Å². The number of nitrogens with one attached hydrogen (secondary N) is 1. The molecule has 2 atom stereocenters. The summed E-state index contributed by atoms with van der Waals surface area (Å²) in [6.07, 6.45) is -0.460. The zero-order chi connectivity index (χ0) is 14.4. The van der Waals surface area contributed by atoms with Crippen LogP contribution in [0.5, 0.6) is 0 Å². The Morgan fingerprint density at radius 1 is 1.53 bits per heavy atom. The van der Waals surface area contributed by atoms with Crippen LogP contribution in [0.2, 0.25) is 0 Å². The summed E-state index contributed by atoms with van der Waals surface area (Å²) in [6.45, 7) is 2.84. The molecule has 1 fully saturated rings. The smallest absolute Gasteiger partial charge is 0.305 e. The molecule has 1 saturated heterocycles. The third-order valence-corrected chi connectivity index (χ3v) is 2.78. The number of likely N-dealkylation sites (N-methyl/N-ethyl adjacent to an activating group) is 1. The zero-order valence-corrected chi connectivity index (χ0v) is 10.8. The molecule has 1 heterocycles. The molecule has 0 aromatic rings. The van der Waals surface area contributed by atoms with Gasteiger partial charge in [0.2, 0.25) is 11.8 Å². The Bertz CT molecular complexity index is 360. The number of hydrogen-bond acceptors (Lipinski definition) is 5. The van der Waals surface area contributed by atoms with Gasteiger partial charge in [-0.05, 0) is 6.92 Å². The number of nitrogens with two attached hydrogens (primary N) is 1. The molecule has 0 aromatic carbocycles. The van der Waals surface area contributed by atoms with Gasteiger partial charge in [0.15, 0.2) is 0 Å². The summed E-state index contributed by atoms with van der Waals surface area (Å²) in [5.41, 5.74) is 5.54. The second-order valence-electron chi connectivity index (χ2n) is 4.22. The van der Waals surface area contributed by atoms with Gasteiger partial charge in [-0.2, -0.15) is 0 Å². The first-order valence-corrected chi connectivity index (χ1v) is 6.10. The van der Waals surface area contributed by atoms with Crippen LogP contribution in [-0.4, -0.2) is 66.2 Å². The Balaban J connectivity index is 2.73. The molecule has 1 aliphatic rings. The van der Waals surface area contributed by atoms with Crippen molar-refractivity contribution >= 4 is 17.8 Å². The number of carboxylic acids is 1. The lowest BCUT2D eigenvalue weighted by atomic mass is 10.1. The molecule has 8 heteroatoms. The molecule has 0 aliphatic carbocycles. The van der Waals surface area contributed by atoms with Crippen molar-refractivity contribution in [2.75, 3.05) is 26.3 Å². The highest BCUT2D eigenvalue weighted by molar-refractivity contribution is 5.91. The molecular formula is C11H19N3O5. The Morgan fingerprint density at radius 3 is 2.79 bits per heavy atom. The minimum Gasteiger partial charge on any atom is -0.481 e. The van der Waals surface area contributed by atoms with E-state index in [1.807, 2.05) is 0 Å². The van der Waals surface area contributed by atoms with E-state index in [0.29, 0.717) is 13.2 Å². The number of carbonyl (C=O) groups is 3. The molecule has 8 nitrogen and oxygen atoms in total. The Kier molecular flexibility index (Phi) is 5.71. The van der Waals surface area contributed by atoms with Crippen molar-refractivity contribution in [1.29, 1.82) is 0 Å². The highest BCUT2D eigenvalue weighted by atomic mass is 16.5. The van der Waals surface area contributed by atoms with Crippen molar-refractivity contribution in [1.82, 2.24) is 10.2 Å². The van der Waals surface area contributed by atoms with E-state index in [1.165, 1.54) is 4.90 Å². The maximum Gasteiger partial charge on any atom is 0.305 e. The fourth-order valence-corrected chi connectivity index (χ4v) is 1.87. The average Bonchev–Trinajstić information content (AvgIpc) is 2.37. The van der Waals surface area contributed by atoms with Crippen LogP contribution in [0.15, 0.2) is 0 Å². The first-order chi connectivity index (χ1) is 8.97. The molecule has 0 spiro atoms. The number of rotatable bonds is 5. The lowest BCUT2D eigenvalue weighted by molar-refractivity contribution is -0.151. The van der Waals surface area contributed by atoms with E-state index in [9.17, 15) is 14.4 Å². The topological polar surface area (TPSA) is 122 Å². The van der Waals surface area contributed by atoms with E-state index in [2.05, 4.69) is 5.32 Å². The van der Waals surface area contributed by atoms with Crippen LogP contribution >= 0.6 is 0 Å². The highest BCUT2D eigenvalue weighted by Gasteiger charge is 2.35. The lowest BCUT2D eigenvalue weighted by Gasteiger charge is -2.35. The lowest BCUT2D eigenvalue weighted by Crippen LogP contribution is -2.59. The molecule has 0 saturated carbocycles. The summed E-state index contributed by atoms with van der Waals surface area (Å²) in [5, 5.41) is 11.2. The van der Waals surface area contributed by atoms with Gasteiger partial charge in [-0.15, -0.1) is 0 Å². The number of carbonyl (C=O) groups excluding carboxylic acids is 2. The predicted octanol–water partition coefficient (Wildman–Crippen LogP) is -1.85. The van der Waals surface area contributed by atoms with Crippen molar-refractivity contribution < 1.29 is 24.2 Å². The van der Waals surface area contributed by atoms with Crippen LogP contribution in [0.3, 0.4) is 0 Å². The molecule has 2 unspecified atom stereocenters. The first kappa shape index (κ1) is 15.4.